The Kier molecular flexibility index (Phi) is 4.48. The van der Waals surface area contributed by atoms with Crippen molar-refractivity contribution in [2.24, 2.45) is 0 Å². The van der Waals surface area contributed by atoms with Crippen LogP contribution in [0.4, 0.5) is 5.69 Å². The molecule has 0 bridgehead atoms. The molecule has 0 aliphatic carbocycles. The van der Waals surface area contributed by atoms with Gasteiger partial charge in [0.05, 0.1) is 5.69 Å². The lowest BCUT2D eigenvalue weighted by Crippen LogP contribution is -2.37. The maximum absolute atomic E-state index is 12.1. The number of hydrogen-bond donors (Lipinski definition) is 1. The molecule has 1 N–H and O–H groups in total. The fraction of sp³-hybridized carbons (Fsp3) is 0.100. The van der Waals surface area contributed by atoms with Gasteiger partial charge in [-0.05, 0) is 12.1 Å². The molecule has 0 saturated heterocycles. The van der Waals surface area contributed by atoms with E-state index in [2.05, 4.69) is 28.9 Å². The molecular formula is C20H19N2O+. The van der Waals surface area contributed by atoms with E-state index in [-0.39, 0.29) is 11.9 Å². The van der Waals surface area contributed by atoms with E-state index >= 15 is 0 Å². The Labute approximate surface area is 136 Å². The maximum atomic E-state index is 12.1. The third kappa shape index (κ3) is 3.64. The van der Waals surface area contributed by atoms with Crippen LogP contribution in [0.3, 0.4) is 0 Å². The summed E-state index contributed by atoms with van der Waals surface area (Å²) in [6, 6.07) is 23.6. The van der Waals surface area contributed by atoms with E-state index in [1.165, 1.54) is 5.56 Å². The van der Waals surface area contributed by atoms with Gasteiger partial charge < -0.3 is 5.32 Å². The van der Waals surface area contributed by atoms with Gasteiger partial charge in [-0.15, -0.1) is 0 Å². The summed E-state index contributed by atoms with van der Waals surface area (Å²) in [6.45, 7) is 2.15. The minimum atomic E-state index is -0.0977. The Hall–Kier alpha value is -2.94. The number of amides is 1. The molecule has 0 saturated carbocycles. The minimum absolute atomic E-state index is 0.0977. The number of carbonyl (C=O) groups is 1. The molecular weight excluding hydrogens is 284 g/mol. The van der Waals surface area contributed by atoms with Crippen LogP contribution in [0.15, 0.2) is 85.2 Å². The highest BCUT2D eigenvalue weighted by atomic mass is 16.1. The number of benzene rings is 2. The second-order valence-corrected chi connectivity index (χ2v) is 5.44. The van der Waals surface area contributed by atoms with Crippen LogP contribution in [0.1, 0.15) is 28.9 Å². The highest BCUT2D eigenvalue weighted by molar-refractivity contribution is 6.04. The van der Waals surface area contributed by atoms with Crippen LogP contribution in [0.2, 0.25) is 0 Å². The lowest BCUT2D eigenvalue weighted by Gasteiger charge is -2.08. The lowest BCUT2D eigenvalue weighted by molar-refractivity contribution is -0.710. The van der Waals surface area contributed by atoms with Crippen LogP contribution in [0, 0.1) is 0 Å². The highest BCUT2D eigenvalue weighted by Gasteiger charge is 2.14. The van der Waals surface area contributed by atoms with E-state index in [1.54, 1.807) is 12.1 Å². The summed E-state index contributed by atoms with van der Waals surface area (Å²) in [5.41, 5.74) is 2.69. The van der Waals surface area contributed by atoms with Gasteiger partial charge >= 0.3 is 0 Å². The quantitative estimate of drug-likeness (QED) is 0.730. The van der Waals surface area contributed by atoms with Crippen LogP contribution in [0.5, 0.6) is 0 Å². The molecule has 1 heterocycles. The Balaban J connectivity index is 1.71. The second-order valence-electron chi connectivity index (χ2n) is 5.44. The number of carbonyl (C=O) groups excluding carboxylic acids is 1. The van der Waals surface area contributed by atoms with Gasteiger partial charge in [0.2, 0.25) is 0 Å². The Morgan fingerprint density at radius 2 is 1.43 bits per heavy atom. The summed E-state index contributed by atoms with van der Waals surface area (Å²) in [4.78, 5) is 12.1. The molecule has 0 fully saturated rings. The van der Waals surface area contributed by atoms with Crippen LogP contribution >= 0.6 is 0 Å². The largest absolute Gasteiger partial charge is 0.322 e. The number of nitrogens with zero attached hydrogens (tertiary/aromatic N) is 1. The predicted octanol–water partition coefficient (Wildman–Crippen LogP) is 3.84. The van der Waals surface area contributed by atoms with E-state index in [0.29, 0.717) is 5.56 Å². The number of aromatic nitrogens is 1. The maximum Gasteiger partial charge on any atom is 0.255 e. The zero-order valence-electron chi connectivity index (χ0n) is 13.0. The number of pyridine rings is 1. The van der Waals surface area contributed by atoms with Crippen molar-refractivity contribution in [3.8, 4) is 0 Å². The van der Waals surface area contributed by atoms with E-state index in [1.807, 2.05) is 60.9 Å². The van der Waals surface area contributed by atoms with Crippen molar-refractivity contribution >= 4 is 11.6 Å². The SMILES string of the molecule is CC(c1ccccc1)[n+]1ccc(NC(=O)c2ccccc2)cc1. The summed E-state index contributed by atoms with van der Waals surface area (Å²) in [5.74, 6) is -0.0977. The van der Waals surface area contributed by atoms with E-state index < -0.39 is 0 Å². The molecule has 3 aromatic rings. The smallest absolute Gasteiger partial charge is 0.255 e. The van der Waals surface area contributed by atoms with Gasteiger partial charge in [-0.1, -0.05) is 48.5 Å². The molecule has 2 aromatic carbocycles. The molecule has 23 heavy (non-hydrogen) atoms. The average molecular weight is 303 g/mol. The van der Waals surface area contributed by atoms with Crippen molar-refractivity contribution in [3.05, 3.63) is 96.3 Å². The van der Waals surface area contributed by atoms with Crippen molar-refractivity contribution in [1.29, 1.82) is 0 Å². The van der Waals surface area contributed by atoms with Crippen molar-refractivity contribution in [3.63, 3.8) is 0 Å². The molecule has 3 rings (SSSR count). The number of rotatable bonds is 4. The first kappa shape index (κ1) is 15.0. The van der Waals surface area contributed by atoms with E-state index in [9.17, 15) is 4.79 Å². The zero-order chi connectivity index (χ0) is 16.1. The van der Waals surface area contributed by atoms with Crippen LogP contribution in [0.25, 0.3) is 0 Å². The zero-order valence-corrected chi connectivity index (χ0v) is 13.0. The van der Waals surface area contributed by atoms with Crippen LogP contribution < -0.4 is 9.88 Å². The predicted molar refractivity (Wildman–Crippen MR) is 91.3 cm³/mol. The van der Waals surface area contributed by atoms with Crippen LogP contribution in [-0.2, 0) is 0 Å². The first-order valence-corrected chi connectivity index (χ1v) is 7.66. The number of anilines is 1. The molecule has 1 atom stereocenters. The van der Waals surface area contributed by atoms with Gasteiger partial charge in [0.15, 0.2) is 18.4 Å². The molecule has 1 aromatic heterocycles. The molecule has 3 heteroatoms. The fourth-order valence-electron chi connectivity index (χ4n) is 2.48. The van der Waals surface area contributed by atoms with Crippen molar-refractivity contribution in [1.82, 2.24) is 0 Å². The first-order chi connectivity index (χ1) is 11.2. The third-order valence-electron chi connectivity index (χ3n) is 3.88. The summed E-state index contributed by atoms with van der Waals surface area (Å²) < 4.78 is 2.12. The van der Waals surface area contributed by atoms with Gasteiger partial charge in [-0.2, -0.15) is 4.57 Å². The molecule has 3 nitrogen and oxygen atoms in total. The van der Waals surface area contributed by atoms with Gasteiger partial charge in [0.1, 0.15) is 0 Å². The number of nitrogens with one attached hydrogen (secondary N) is 1. The Morgan fingerprint density at radius 3 is 2.04 bits per heavy atom. The molecule has 1 amide bonds. The lowest BCUT2D eigenvalue weighted by atomic mass is 10.1. The number of hydrogen-bond acceptors (Lipinski definition) is 1. The minimum Gasteiger partial charge on any atom is -0.322 e. The Bertz CT molecular complexity index is 768. The van der Waals surface area contributed by atoms with E-state index in [4.69, 9.17) is 0 Å². The summed E-state index contributed by atoms with van der Waals surface area (Å²) in [7, 11) is 0. The summed E-state index contributed by atoms with van der Waals surface area (Å²) in [6.07, 6.45) is 3.97. The molecule has 0 radical (unpaired) electrons. The van der Waals surface area contributed by atoms with Crippen molar-refractivity contribution in [2.75, 3.05) is 5.32 Å². The molecule has 0 aliphatic rings. The van der Waals surface area contributed by atoms with Crippen molar-refractivity contribution in [2.45, 2.75) is 13.0 Å². The summed E-state index contributed by atoms with van der Waals surface area (Å²) in [5, 5.41) is 2.91. The monoisotopic (exact) mass is 303 g/mol. The first-order valence-electron chi connectivity index (χ1n) is 7.66. The molecule has 1 unspecified atom stereocenters. The third-order valence-corrected chi connectivity index (χ3v) is 3.88. The van der Waals surface area contributed by atoms with Gasteiger partial charge in [-0.3, -0.25) is 4.79 Å². The van der Waals surface area contributed by atoms with Crippen LogP contribution in [-0.4, -0.2) is 5.91 Å². The normalized spacial score (nSPS) is 11.7. The standard InChI is InChI=1S/C20H18N2O/c1-16(17-8-4-2-5-9-17)22-14-12-19(13-15-22)21-20(23)18-10-6-3-7-11-18/h2-16H,1H3/p+1. The topological polar surface area (TPSA) is 33.0 Å². The molecule has 0 spiro atoms. The van der Waals surface area contributed by atoms with Gasteiger partial charge in [0, 0.05) is 30.2 Å². The summed E-state index contributed by atoms with van der Waals surface area (Å²) >= 11 is 0. The van der Waals surface area contributed by atoms with E-state index in [0.717, 1.165) is 5.69 Å². The average Bonchev–Trinajstić information content (AvgIpc) is 2.63. The van der Waals surface area contributed by atoms with Gasteiger partial charge in [0.25, 0.3) is 5.91 Å². The molecule has 0 aliphatic heterocycles. The van der Waals surface area contributed by atoms with Gasteiger partial charge in [-0.25, -0.2) is 0 Å². The second kappa shape index (κ2) is 6.88. The Morgan fingerprint density at radius 1 is 0.870 bits per heavy atom. The fourth-order valence-corrected chi connectivity index (χ4v) is 2.48. The molecule has 114 valence electrons. The highest BCUT2D eigenvalue weighted by Crippen LogP contribution is 2.12. The van der Waals surface area contributed by atoms with Crippen molar-refractivity contribution < 1.29 is 9.36 Å².